The minimum absolute atomic E-state index is 0.00157. The molecular weight excluding hydrogens is 491 g/mol. The van der Waals surface area contributed by atoms with Crippen molar-refractivity contribution in [1.29, 1.82) is 0 Å². The first-order valence-corrected chi connectivity index (χ1v) is 13.0. The highest BCUT2D eigenvalue weighted by atomic mass is 19.1. The summed E-state index contributed by atoms with van der Waals surface area (Å²) in [6.07, 6.45) is 6.54. The van der Waals surface area contributed by atoms with E-state index in [1.807, 2.05) is 6.07 Å². The molecule has 5 heterocycles. The third-order valence-corrected chi connectivity index (χ3v) is 7.09. The number of carbonyl (C=O) groups excluding carboxylic acids is 1. The number of rotatable bonds is 7. The zero-order valence-electron chi connectivity index (χ0n) is 21.2. The number of anilines is 5. The number of H-pyrrole nitrogens is 1. The van der Waals surface area contributed by atoms with Crippen molar-refractivity contribution in [2.75, 3.05) is 60.2 Å². The third kappa shape index (κ3) is 5.49. The molecule has 1 aliphatic carbocycles. The lowest BCUT2D eigenvalue weighted by Crippen LogP contribution is -2.41. The van der Waals surface area contributed by atoms with Crippen LogP contribution in [0.1, 0.15) is 37.3 Å². The molecule has 1 saturated carbocycles. The first-order valence-electron chi connectivity index (χ1n) is 13.0. The Bertz CT molecular complexity index is 1270. The van der Waals surface area contributed by atoms with Crippen molar-refractivity contribution in [2.45, 2.75) is 43.8 Å². The molecule has 0 radical (unpaired) electrons. The van der Waals surface area contributed by atoms with Crippen LogP contribution >= 0.6 is 0 Å². The summed E-state index contributed by atoms with van der Waals surface area (Å²) in [5.41, 5.74) is 1.08. The highest BCUT2D eigenvalue weighted by Crippen LogP contribution is 2.39. The lowest BCUT2D eigenvalue weighted by Gasteiger charge is -2.26. The lowest BCUT2D eigenvalue weighted by molar-refractivity contribution is -0.117. The van der Waals surface area contributed by atoms with E-state index in [9.17, 15) is 9.18 Å². The van der Waals surface area contributed by atoms with E-state index < -0.39 is 12.2 Å². The Labute approximate surface area is 219 Å². The average Bonchev–Trinajstić information content (AvgIpc) is 3.60. The Hall–Kier alpha value is -3.94. The van der Waals surface area contributed by atoms with Crippen molar-refractivity contribution in [2.24, 2.45) is 0 Å². The first-order chi connectivity index (χ1) is 18.5. The van der Waals surface area contributed by atoms with E-state index in [0.717, 1.165) is 51.1 Å². The molecule has 0 spiro atoms. The van der Waals surface area contributed by atoms with Gasteiger partial charge < -0.3 is 25.3 Å². The minimum Gasteiger partial charge on any atom is -0.339 e. The van der Waals surface area contributed by atoms with Crippen LogP contribution in [0.4, 0.5) is 33.9 Å². The Morgan fingerprint density at radius 2 is 1.95 bits per heavy atom. The van der Waals surface area contributed by atoms with Gasteiger partial charge in [-0.15, -0.1) is 0 Å². The zero-order valence-corrected chi connectivity index (χ0v) is 21.2. The summed E-state index contributed by atoms with van der Waals surface area (Å²) in [6.45, 7) is 3.38. The second-order valence-corrected chi connectivity index (χ2v) is 10.1. The maximum atomic E-state index is 14.7. The standard InChI is InChI=1S/C24H31FN12O/c1-35-7-2-8-36(10-9-35)23-30-22(29-19-12-17(33-34-19)15-3-4-15)31-24(32-23)37-14-16(25)11-18(37)21(38)28-20-13-26-5-6-27-20/h5-6,12-13,15-16,18H,2-4,7-11,14H2,1H3,(H,27,28,38)(H2,29,30,31,32,33,34)/t16-,18+/m1/s1. The van der Waals surface area contributed by atoms with Gasteiger partial charge in [-0.3, -0.25) is 14.9 Å². The number of hydrogen-bond acceptors (Lipinski definition) is 11. The molecule has 200 valence electrons. The van der Waals surface area contributed by atoms with Gasteiger partial charge in [-0.25, -0.2) is 9.37 Å². The summed E-state index contributed by atoms with van der Waals surface area (Å²) in [4.78, 5) is 41.3. The molecule has 3 aromatic heterocycles. The maximum absolute atomic E-state index is 14.7. The SMILES string of the molecule is CN1CCCN(c2nc(Nc3cc(C4CC4)[nH]n3)nc(N3C[C@H](F)C[C@H]3C(=O)Nc3cnccn3)n2)CC1. The number of alkyl halides is 1. The fourth-order valence-corrected chi connectivity index (χ4v) is 4.87. The monoisotopic (exact) mass is 522 g/mol. The summed E-state index contributed by atoms with van der Waals surface area (Å²) in [6, 6.07) is 1.16. The van der Waals surface area contributed by atoms with E-state index in [4.69, 9.17) is 9.97 Å². The number of aromatic nitrogens is 7. The van der Waals surface area contributed by atoms with Gasteiger partial charge in [0.25, 0.3) is 0 Å². The van der Waals surface area contributed by atoms with Gasteiger partial charge in [0, 0.05) is 56.1 Å². The van der Waals surface area contributed by atoms with E-state index in [2.05, 4.69) is 52.6 Å². The smallest absolute Gasteiger partial charge is 0.248 e. The number of nitrogens with zero attached hydrogens (tertiary/aromatic N) is 9. The molecular formula is C24H31FN12O. The second-order valence-electron chi connectivity index (χ2n) is 10.1. The maximum Gasteiger partial charge on any atom is 0.248 e. The Kier molecular flexibility index (Phi) is 6.70. The van der Waals surface area contributed by atoms with Crippen LogP contribution in [0.3, 0.4) is 0 Å². The summed E-state index contributed by atoms with van der Waals surface area (Å²) < 4.78 is 14.7. The average molecular weight is 523 g/mol. The molecule has 2 saturated heterocycles. The van der Waals surface area contributed by atoms with Crippen molar-refractivity contribution >= 4 is 35.4 Å². The zero-order chi connectivity index (χ0) is 26.1. The van der Waals surface area contributed by atoms with Gasteiger partial charge in [0.1, 0.15) is 12.2 Å². The quantitative estimate of drug-likeness (QED) is 0.417. The number of amides is 1. The van der Waals surface area contributed by atoms with Crippen molar-refractivity contribution in [3.8, 4) is 0 Å². The van der Waals surface area contributed by atoms with Crippen LogP contribution in [0.25, 0.3) is 0 Å². The van der Waals surface area contributed by atoms with Crippen LogP contribution < -0.4 is 20.4 Å². The van der Waals surface area contributed by atoms with Crippen molar-refractivity contribution in [1.82, 2.24) is 40.0 Å². The molecule has 3 aromatic rings. The van der Waals surface area contributed by atoms with Crippen LogP contribution in [-0.2, 0) is 4.79 Å². The topological polar surface area (TPSA) is 144 Å². The fraction of sp³-hybridized carbons (Fsp3) is 0.542. The fourth-order valence-electron chi connectivity index (χ4n) is 4.87. The molecule has 2 atom stereocenters. The Balaban J connectivity index is 1.30. The molecule has 6 rings (SSSR count). The number of likely N-dealkylation sites (N-methyl/N-ethyl adjacent to an activating group) is 1. The molecule has 3 aliphatic rings. The Morgan fingerprint density at radius 3 is 2.76 bits per heavy atom. The van der Waals surface area contributed by atoms with Gasteiger partial charge in [0.2, 0.25) is 23.8 Å². The predicted octanol–water partition coefficient (Wildman–Crippen LogP) is 1.70. The van der Waals surface area contributed by atoms with Crippen molar-refractivity contribution < 1.29 is 9.18 Å². The van der Waals surface area contributed by atoms with Gasteiger partial charge in [0.05, 0.1) is 12.7 Å². The van der Waals surface area contributed by atoms with Gasteiger partial charge in [-0.1, -0.05) is 0 Å². The molecule has 13 nitrogen and oxygen atoms in total. The summed E-state index contributed by atoms with van der Waals surface area (Å²) in [7, 11) is 2.09. The van der Waals surface area contributed by atoms with E-state index in [1.165, 1.54) is 18.6 Å². The number of aromatic amines is 1. The highest BCUT2D eigenvalue weighted by molar-refractivity contribution is 5.96. The van der Waals surface area contributed by atoms with Gasteiger partial charge in [0.15, 0.2) is 11.6 Å². The molecule has 2 aliphatic heterocycles. The number of halogens is 1. The molecule has 0 bridgehead atoms. The molecule has 1 amide bonds. The normalized spacial score (nSPS) is 22.4. The van der Waals surface area contributed by atoms with Crippen LogP contribution in [0.2, 0.25) is 0 Å². The molecule has 3 N–H and O–H groups in total. The number of nitrogens with one attached hydrogen (secondary N) is 3. The first kappa shape index (κ1) is 24.4. The van der Waals surface area contributed by atoms with Crippen LogP contribution in [0.5, 0.6) is 0 Å². The predicted molar refractivity (Wildman–Crippen MR) is 139 cm³/mol. The summed E-state index contributed by atoms with van der Waals surface area (Å²) in [5.74, 6) is 2.07. The lowest BCUT2D eigenvalue weighted by atomic mass is 10.2. The van der Waals surface area contributed by atoms with E-state index in [0.29, 0.717) is 29.5 Å². The summed E-state index contributed by atoms with van der Waals surface area (Å²) in [5, 5.41) is 13.4. The van der Waals surface area contributed by atoms with E-state index in [-0.39, 0.29) is 24.8 Å². The van der Waals surface area contributed by atoms with Gasteiger partial charge >= 0.3 is 0 Å². The molecule has 3 fully saturated rings. The van der Waals surface area contributed by atoms with E-state index >= 15 is 0 Å². The van der Waals surface area contributed by atoms with Crippen LogP contribution in [-0.4, -0.2) is 97.9 Å². The van der Waals surface area contributed by atoms with Gasteiger partial charge in [-0.2, -0.15) is 20.1 Å². The van der Waals surface area contributed by atoms with Gasteiger partial charge in [-0.05, 0) is 32.9 Å². The molecule has 14 heteroatoms. The summed E-state index contributed by atoms with van der Waals surface area (Å²) >= 11 is 0. The van der Waals surface area contributed by atoms with E-state index in [1.54, 1.807) is 4.90 Å². The van der Waals surface area contributed by atoms with Crippen LogP contribution in [0, 0.1) is 0 Å². The van der Waals surface area contributed by atoms with Crippen LogP contribution in [0.15, 0.2) is 24.7 Å². The second kappa shape index (κ2) is 10.4. The van der Waals surface area contributed by atoms with Crippen molar-refractivity contribution in [3.05, 3.63) is 30.4 Å². The largest absolute Gasteiger partial charge is 0.339 e. The Morgan fingerprint density at radius 1 is 1.08 bits per heavy atom. The molecule has 0 aromatic carbocycles. The third-order valence-electron chi connectivity index (χ3n) is 7.09. The minimum atomic E-state index is -1.21. The highest BCUT2D eigenvalue weighted by Gasteiger charge is 2.39. The van der Waals surface area contributed by atoms with Crippen molar-refractivity contribution in [3.63, 3.8) is 0 Å². The molecule has 0 unspecified atom stereocenters. The molecule has 38 heavy (non-hydrogen) atoms. The number of hydrogen-bond donors (Lipinski definition) is 3. The number of carbonyl (C=O) groups is 1.